The summed E-state index contributed by atoms with van der Waals surface area (Å²) in [5.41, 5.74) is 4.15. The second-order valence-corrected chi connectivity index (χ2v) is 8.17. The van der Waals surface area contributed by atoms with Crippen molar-refractivity contribution in [2.24, 2.45) is 22.9 Å². The number of ether oxygens (including phenoxy) is 1. The molecule has 1 aromatic rings. The molecule has 4 aliphatic carbocycles. The van der Waals surface area contributed by atoms with Crippen LogP contribution in [0.4, 0.5) is 0 Å². The van der Waals surface area contributed by atoms with Crippen LogP contribution in [0.1, 0.15) is 44.1 Å². The monoisotopic (exact) mass is 343 g/mol. The number of methoxy groups -OCH3 is 1. The van der Waals surface area contributed by atoms with E-state index >= 15 is 0 Å². The molecule has 0 aliphatic heterocycles. The van der Waals surface area contributed by atoms with E-state index in [1.165, 1.54) is 38.5 Å². The molecule has 4 fully saturated rings. The lowest BCUT2D eigenvalue weighted by Gasteiger charge is -2.57. The second-order valence-electron chi connectivity index (χ2n) is 7.76. The van der Waals surface area contributed by atoms with Crippen molar-refractivity contribution in [2.45, 2.75) is 44.1 Å². The van der Waals surface area contributed by atoms with Crippen molar-refractivity contribution in [3.8, 4) is 5.75 Å². The number of benzene rings is 1. The summed E-state index contributed by atoms with van der Waals surface area (Å²) in [7, 11) is 1.67. The Morgan fingerprint density at radius 3 is 2.42 bits per heavy atom. The van der Waals surface area contributed by atoms with Crippen molar-refractivity contribution in [1.29, 1.82) is 0 Å². The standard InChI is InChI=1S/C19H25N3OS/c1-23-17-5-3-2-4-16(17)12-20-22-18(24)21-19-9-13-6-14(10-19)8-15(7-13)11-19/h2-5,12-15H,6-11H2,1H3,(H2,21,22,24)/b20-12+. The molecule has 0 amide bonds. The molecule has 4 aliphatic rings. The third kappa shape index (κ3) is 3.14. The van der Waals surface area contributed by atoms with E-state index in [-0.39, 0.29) is 5.54 Å². The summed E-state index contributed by atoms with van der Waals surface area (Å²) in [6.45, 7) is 0. The van der Waals surface area contributed by atoms with Gasteiger partial charge >= 0.3 is 0 Å². The third-order valence-electron chi connectivity index (χ3n) is 5.93. The minimum Gasteiger partial charge on any atom is -0.496 e. The van der Waals surface area contributed by atoms with Gasteiger partial charge in [-0.15, -0.1) is 0 Å². The number of rotatable bonds is 4. The van der Waals surface area contributed by atoms with Gasteiger partial charge in [0.1, 0.15) is 5.75 Å². The third-order valence-corrected chi connectivity index (χ3v) is 6.12. The lowest BCUT2D eigenvalue weighted by Crippen LogP contribution is -2.61. The average molecular weight is 343 g/mol. The Balaban J connectivity index is 1.36. The highest BCUT2D eigenvalue weighted by molar-refractivity contribution is 7.80. The topological polar surface area (TPSA) is 45.6 Å². The largest absolute Gasteiger partial charge is 0.496 e. The Bertz CT molecular complexity index is 622. The van der Waals surface area contributed by atoms with Gasteiger partial charge in [-0.05, 0) is 80.6 Å². The minimum atomic E-state index is 0.221. The zero-order valence-corrected chi connectivity index (χ0v) is 14.9. The average Bonchev–Trinajstić information content (AvgIpc) is 2.53. The van der Waals surface area contributed by atoms with E-state index in [2.05, 4.69) is 15.8 Å². The van der Waals surface area contributed by atoms with E-state index in [1.807, 2.05) is 24.3 Å². The summed E-state index contributed by atoms with van der Waals surface area (Å²) >= 11 is 5.50. The highest BCUT2D eigenvalue weighted by Crippen LogP contribution is 2.55. The van der Waals surface area contributed by atoms with Crippen molar-refractivity contribution in [3.05, 3.63) is 29.8 Å². The quantitative estimate of drug-likeness (QED) is 0.499. The van der Waals surface area contributed by atoms with Crippen LogP contribution < -0.4 is 15.5 Å². The molecule has 0 aromatic heterocycles. The Morgan fingerprint density at radius 2 is 1.79 bits per heavy atom. The van der Waals surface area contributed by atoms with Gasteiger partial charge in [-0.3, -0.25) is 5.43 Å². The molecule has 2 N–H and O–H groups in total. The summed E-state index contributed by atoms with van der Waals surface area (Å²) in [6.07, 6.45) is 9.89. The first kappa shape index (κ1) is 15.9. The molecule has 0 heterocycles. The molecule has 5 rings (SSSR count). The van der Waals surface area contributed by atoms with Crippen molar-refractivity contribution in [2.75, 3.05) is 7.11 Å². The maximum absolute atomic E-state index is 5.50. The summed E-state index contributed by atoms with van der Waals surface area (Å²) < 4.78 is 5.33. The van der Waals surface area contributed by atoms with Gasteiger partial charge in [0, 0.05) is 11.1 Å². The summed E-state index contributed by atoms with van der Waals surface area (Å²) in [4.78, 5) is 0. The summed E-state index contributed by atoms with van der Waals surface area (Å²) in [5.74, 6) is 3.53. The van der Waals surface area contributed by atoms with Crippen LogP contribution >= 0.6 is 12.2 Å². The van der Waals surface area contributed by atoms with Gasteiger partial charge in [-0.25, -0.2) is 0 Å². The zero-order valence-electron chi connectivity index (χ0n) is 14.1. The van der Waals surface area contributed by atoms with Gasteiger partial charge in [0.15, 0.2) is 5.11 Å². The van der Waals surface area contributed by atoms with E-state index in [1.54, 1.807) is 13.3 Å². The fourth-order valence-electron chi connectivity index (χ4n) is 5.47. The molecular weight excluding hydrogens is 318 g/mol. The predicted molar refractivity (Wildman–Crippen MR) is 100 cm³/mol. The lowest BCUT2D eigenvalue weighted by atomic mass is 9.53. The molecular formula is C19H25N3OS. The maximum Gasteiger partial charge on any atom is 0.187 e. The van der Waals surface area contributed by atoms with Crippen molar-refractivity contribution in [1.82, 2.24) is 10.7 Å². The molecule has 0 spiro atoms. The highest BCUT2D eigenvalue weighted by atomic mass is 32.1. The highest BCUT2D eigenvalue weighted by Gasteiger charge is 2.51. The molecule has 1 aromatic carbocycles. The molecule has 128 valence electrons. The lowest BCUT2D eigenvalue weighted by molar-refractivity contribution is -0.0101. The number of nitrogens with zero attached hydrogens (tertiary/aromatic N) is 1. The Hall–Kier alpha value is -1.62. The fourth-order valence-corrected chi connectivity index (χ4v) is 5.74. The first-order valence-electron chi connectivity index (χ1n) is 8.90. The Morgan fingerprint density at radius 1 is 1.17 bits per heavy atom. The van der Waals surface area contributed by atoms with Gasteiger partial charge in [0.05, 0.1) is 13.3 Å². The van der Waals surface area contributed by atoms with E-state index in [0.717, 1.165) is 29.1 Å². The molecule has 4 nitrogen and oxygen atoms in total. The van der Waals surface area contributed by atoms with E-state index < -0.39 is 0 Å². The number of thiocarbonyl (C=S) groups is 1. The molecule has 0 radical (unpaired) electrons. The second kappa shape index (κ2) is 6.36. The van der Waals surface area contributed by atoms with Gasteiger partial charge in [0.25, 0.3) is 0 Å². The van der Waals surface area contributed by atoms with Crippen LogP contribution in [0.15, 0.2) is 29.4 Å². The first-order valence-corrected chi connectivity index (χ1v) is 9.31. The van der Waals surface area contributed by atoms with Gasteiger partial charge < -0.3 is 10.1 Å². The minimum absolute atomic E-state index is 0.221. The molecule has 24 heavy (non-hydrogen) atoms. The van der Waals surface area contributed by atoms with Crippen molar-refractivity contribution in [3.63, 3.8) is 0 Å². The molecule has 0 unspecified atom stereocenters. The molecule has 4 bridgehead atoms. The molecule has 5 heteroatoms. The van der Waals surface area contributed by atoms with Gasteiger partial charge in [-0.1, -0.05) is 12.1 Å². The predicted octanol–water partition coefficient (Wildman–Crippen LogP) is 3.46. The maximum atomic E-state index is 5.50. The molecule has 4 saturated carbocycles. The van der Waals surface area contributed by atoms with Gasteiger partial charge in [0.2, 0.25) is 0 Å². The smallest absolute Gasteiger partial charge is 0.187 e. The van der Waals surface area contributed by atoms with Crippen LogP contribution in [0.25, 0.3) is 0 Å². The number of para-hydroxylation sites is 1. The van der Waals surface area contributed by atoms with Gasteiger partial charge in [-0.2, -0.15) is 5.10 Å². The SMILES string of the molecule is COc1ccccc1/C=N/NC(=S)NC12CC3CC(CC(C3)C1)C2. The van der Waals surface area contributed by atoms with E-state index in [0.29, 0.717) is 5.11 Å². The van der Waals surface area contributed by atoms with Crippen LogP contribution in [0.2, 0.25) is 0 Å². The number of hydrazone groups is 1. The van der Waals surface area contributed by atoms with Crippen LogP contribution in [-0.4, -0.2) is 24.0 Å². The van der Waals surface area contributed by atoms with Crippen molar-refractivity contribution >= 4 is 23.5 Å². The fraction of sp³-hybridized carbons (Fsp3) is 0.579. The van der Waals surface area contributed by atoms with E-state index in [4.69, 9.17) is 17.0 Å². The van der Waals surface area contributed by atoms with Crippen LogP contribution in [0.5, 0.6) is 5.75 Å². The van der Waals surface area contributed by atoms with Crippen LogP contribution in [-0.2, 0) is 0 Å². The number of hydrogen-bond acceptors (Lipinski definition) is 3. The zero-order chi connectivity index (χ0) is 16.6. The van der Waals surface area contributed by atoms with Crippen molar-refractivity contribution < 1.29 is 4.74 Å². The molecule has 0 atom stereocenters. The molecule has 0 saturated heterocycles. The Kier molecular flexibility index (Phi) is 4.21. The van der Waals surface area contributed by atoms with E-state index in [9.17, 15) is 0 Å². The van der Waals surface area contributed by atoms with Crippen LogP contribution in [0, 0.1) is 17.8 Å². The summed E-state index contributed by atoms with van der Waals surface area (Å²) in [5, 5.41) is 8.55. The number of nitrogens with one attached hydrogen (secondary N) is 2. The first-order chi connectivity index (χ1) is 11.7. The summed E-state index contributed by atoms with van der Waals surface area (Å²) in [6, 6.07) is 7.81. The Labute approximate surface area is 149 Å². The van der Waals surface area contributed by atoms with Crippen LogP contribution in [0.3, 0.4) is 0 Å². The number of hydrogen-bond donors (Lipinski definition) is 2. The normalized spacial score (nSPS) is 33.6.